The Morgan fingerprint density at radius 3 is 2.43 bits per heavy atom. The number of rotatable bonds is 9. The minimum absolute atomic E-state index is 0.136. The molecular weight excluding hydrogens is 270 g/mol. The Kier molecular flexibility index (Phi) is 6.98. The molecule has 0 fully saturated rings. The molecule has 1 unspecified atom stereocenters. The Labute approximate surface area is 125 Å². The molecule has 0 saturated carbocycles. The molecule has 1 aromatic carbocycles. The van der Waals surface area contributed by atoms with E-state index < -0.39 is 12.0 Å². The van der Waals surface area contributed by atoms with Crippen LogP contribution in [-0.2, 0) is 4.79 Å². The van der Waals surface area contributed by atoms with Gasteiger partial charge in [-0.1, -0.05) is 13.8 Å². The van der Waals surface area contributed by atoms with Gasteiger partial charge in [0.25, 0.3) is 0 Å². The van der Waals surface area contributed by atoms with Crippen LogP contribution in [0.3, 0.4) is 0 Å². The number of benzene rings is 1. The number of anilines is 1. The van der Waals surface area contributed by atoms with E-state index in [1.54, 1.807) is 24.3 Å². The number of nitrogens with two attached hydrogens (primary N) is 2. The van der Waals surface area contributed by atoms with Crippen molar-refractivity contribution in [1.82, 2.24) is 4.90 Å². The highest BCUT2D eigenvalue weighted by Crippen LogP contribution is 2.13. The van der Waals surface area contributed by atoms with E-state index in [0.29, 0.717) is 30.4 Å². The zero-order valence-electron chi connectivity index (χ0n) is 12.7. The molecule has 1 atom stereocenters. The van der Waals surface area contributed by atoms with Crippen LogP contribution in [0.5, 0.6) is 5.75 Å². The molecular formula is C15H25N3O3. The lowest BCUT2D eigenvalue weighted by Crippen LogP contribution is -2.42. The number of aliphatic hydroxyl groups excluding tert-OH is 1. The summed E-state index contributed by atoms with van der Waals surface area (Å²) in [6, 6.07) is 6.97. The van der Waals surface area contributed by atoms with Gasteiger partial charge in [0.2, 0.25) is 5.91 Å². The van der Waals surface area contributed by atoms with Crippen molar-refractivity contribution in [3.05, 3.63) is 24.3 Å². The third kappa shape index (κ3) is 7.53. The van der Waals surface area contributed by atoms with Crippen molar-refractivity contribution < 1.29 is 14.6 Å². The molecule has 6 heteroatoms. The fraction of sp³-hybridized carbons (Fsp3) is 0.533. The van der Waals surface area contributed by atoms with Gasteiger partial charge in [0.1, 0.15) is 18.5 Å². The predicted octanol–water partition coefficient (Wildman–Crippen LogP) is 0.452. The van der Waals surface area contributed by atoms with Gasteiger partial charge in [0.05, 0.1) is 6.54 Å². The minimum atomic E-state index is -0.694. The Morgan fingerprint density at radius 1 is 1.29 bits per heavy atom. The van der Waals surface area contributed by atoms with E-state index in [4.69, 9.17) is 16.2 Å². The van der Waals surface area contributed by atoms with Crippen molar-refractivity contribution in [2.45, 2.75) is 20.0 Å². The van der Waals surface area contributed by atoms with Crippen molar-refractivity contribution in [2.75, 3.05) is 32.0 Å². The summed E-state index contributed by atoms with van der Waals surface area (Å²) in [5.41, 5.74) is 11.5. The van der Waals surface area contributed by atoms with E-state index in [1.165, 1.54) is 0 Å². The SMILES string of the molecule is CC(C)CN(CC(N)=O)CC(O)COc1ccc(N)cc1. The maximum atomic E-state index is 11.0. The third-order valence-corrected chi connectivity index (χ3v) is 2.79. The Bertz CT molecular complexity index is 434. The van der Waals surface area contributed by atoms with E-state index >= 15 is 0 Å². The van der Waals surface area contributed by atoms with Crippen molar-refractivity contribution in [3.63, 3.8) is 0 Å². The van der Waals surface area contributed by atoms with E-state index in [2.05, 4.69) is 0 Å². The fourth-order valence-corrected chi connectivity index (χ4v) is 2.05. The summed E-state index contributed by atoms with van der Waals surface area (Å²) in [5.74, 6) is 0.630. The minimum Gasteiger partial charge on any atom is -0.491 e. The molecule has 0 radical (unpaired) electrons. The molecule has 0 aliphatic rings. The van der Waals surface area contributed by atoms with Gasteiger partial charge in [-0.3, -0.25) is 9.69 Å². The van der Waals surface area contributed by atoms with Crippen LogP contribution in [0.25, 0.3) is 0 Å². The maximum Gasteiger partial charge on any atom is 0.231 e. The molecule has 0 aromatic heterocycles. The first kappa shape index (κ1) is 17.3. The number of primary amides is 1. The largest absolute Gasteiger partial charge is 0.491 e. The lowest BCUT2D eigenvalue weighted by Gasteiger charge is -2.25. The highest BCUT2D eigenvalue weighted by atomic mass is 16.5. The van der Waals surface area contributed by atoms with Crippen LogP contribution in [0.1, 0.15) is 13.8 Å². The molecule has 6 nitrogen and oxygen atoms in total. The van der Waals surface area contributed by atoms with Crippen molar-refractivity contribution in [3.8, 4) is 5.75 Å². The number of nitrogens with zero attached hydrogens (tertiary/aromatic N) is 1. The average Bonchev–Trinajstić information content (AvgIpc) is 2.36. The summed E-state index contributed by atoms with van der Waals surface area (Å²) in [4.78, 5) is 12.9. The molecule has 1 rings (SSSR count). The molecule has 0 bridgehead atoms. The van der Waals surface area contributed by atoms with Gasteiger partial charge in [-0.2, -0.15) is 0 Å². The van der Waals surface area contributed by atoms with E-state index in [-0.39, 0.29) is 13.2 Å². The van der Waals surface area contributed by atoms with Crippen LogP contribution in [-0.4, -0.2) is 48.3 Å². The standard InChI is InChI=1S/C15H25N3O3/c1-11(2)7-18(9-15(17)20)8-13(19)10-21-14-5-3-12(16)4-6-14/h3-6,11,13,19H,7-10,16H2,1-2H3,(H2,17,20). The van der Waals surface area contributed by atoms with Crippen LogP contribution < -0.4 is 16.2 Å². The maximum absolute atomic E-state index is 11.0. The van der Waals surface area contributed by atoms with Gasteiger partial charge in [-0.25, -0.2) is 0 Å². The molecule has 0 spiro atoms. The highest BCUT2D eigenvalue weighted by molar-refractivity contribution is 5.75. The number of hydrogen-bond acceptors (Lipinski definition) is 5. The molecule has 5 N–H and O–H groups in total. The monoisotopic (exact) mass is 295 g/mol. The first-order chi connectivity index (χ1) is 9.86. The number of aliphatic hydroxyl groups is 1. The molecule has 0 heterocycles. The van der Waals surface area contributed by atoms with Gasteiger partial charge in [-0.15, -0.1) is 0 Å². The summed E-state index contributed by atoms with van der Waals surface area (Å²) in [5, 5.41) is 10.0. The summed E-state index contributed by atoms with van der Waals surface area (Å²) >= 11 is 0. The fourth-order valence-electron chi connectivity index (χ4n) is 2.05. The van der Waals surface area contributed by atoms with E-state index in [0.717, 1.165) is 0 Å². The molecule has 118 valence electrons. The number of ether oxygens (including phenoxy) is 1. The molecule has 1 amide bonds. The van der Waals surface area contributed by atoms with Crippen LogP contribution in [0.2, 0.25) is 0 Å². The third-order valence-electron chi connectivity index (χ3n) is 2.79. The van der Waals surface area contributed by atoms with Crippen LogP contribution in [0.4, 0.5) is 5.69 Å². The van der Waals surface area contributed by atoms with Crippen molar-refractivity contribution >= 4 is 11.6 Å². The second-order valence-electron chi connectivity index (χ2n) is 5.59. The van der Waals surface area contributed by atoms with Crippen molar-refractivity contribution in [1.29, 1.82) is 0 Å². The second kappa shape index (κ2) is 8.49. The van der Waals surface area contributed by atoms with Gasteiger partial charge in [0.15, 0.2) is 0 Å². The Hall–Kier alpha value is -1.79. The Morgan fingerprint density at radius 2 is 1.90 bits per heavy atom. The van der Waals surface area contributed by atoms with Gasteiger partial charge >= 0.3 is 0 Å². The zero-order chi connectivity index (χ0) is 15.8. The number of carbonyl (C=O) groups excluding carboxylic acids is 1. The summed E-state index contributed by atoms with van der Waals surface area (Å²) in [6.07, 6.45) is -0.694. The van der Waals surface area contributed by atoms with Gasteiger partial charge in [-0.05, 0) is 30.2 Å². The molecule has 0 aliphatic heterocycles. The molecule has 1 aromatic rings. The topological polar surface area (TPSA) is 102 Å². The van der Waals surface area contributed by atoms with Gasteiger partial charge in [0, 0.05) is 18.8 Å². The lowest BCUT2D eigenvalue weighted by atomic mass is 10.2. The van der Waals surface area contributed by atoms with Gasteiger partial charge < -0.3 is 21.3 Å². The Balaban J connectivity index is 2.43. The van der Waals surface area contributed by atoms with Crippen LogP contribution >= 0.6 is 0 Å². The smallest absolute Gasteiger partial charge is 0.231 e. The van der Waals surface area contributed by atoms with E-state index in [9.17, 15) is 9.90 Å². The first-order valence-electron chi connectivity index (χ1n) is 7.04. The van der Waals surface area contributed by atoms with Crippen LogP contribution in [0, 0.1) is 5.92 Å². The number of amides is 1. The average molecular weight is 295 g/mol. The van der Waals surface area contributed by atoms with E-state index in [1.807, 2.05) is 18.7 Å². The summed E-state index contributed by atoms with van der Waals surface area (Å²) < 4.78 is 5.49. The number of carbonyl (C=O) groups is 1. The zero-order valence-corrected chi connectivity index (χ0v) is 12.7. The van der Waals surface area contributed by atoms with Crippen LogP contribution in [0.15, 0.2) is 24.3 Å². The molecule has 0 saturated heterocycles. The molecule has 21 heavy (non-hydrogen) atoms. The summed E-state index contributed by atoms with van der Waals surface area (Å²) in [7, 11) is 0. The summed E-state index contributed by atoms with van der Waals surface area (Å²) in [6.45, 7) is 5.42. The predicted molar refractivity (Wildman–Crippen MR) is 82.8 cm³/mol. The second-order valence-corrected chi connectivity index (χ2v) is 5.59. The first-order valence-corrected chi connectivity index (χ1v) is 7.04. The number of hydrogen-bond donors (Lipinski definition) is 3. The molecule has 0 aliphatic carbocycles. The lowest BCUT2D eigenvalue weighted by molar-refractivity contribution is -0.119. The normalized spacial score (nSPS) is 12.6. The number of nitrogen functional groups attached to an aromatic ring is 1. The highest BCUT2D eigenvalue weighted by Gasteiger charge is 2.15. The van der Waals surface area contributed by atoms with Crippen molar-refractivity contribution in [2.24, 2.45) is 11.7 Å². The quantitative estimate of drug-likeness (QED) is 0.574.